The van der Waals surface area contributed by atoms with Crippen molar-refractivity contribution in [3.8, 4) is 17.2 Å². The molecule has 0 aliphatic carbocycles. The van der Waals surface area contributed by atoms with Gasteiger partial charge in [-0.05, 0) is 54.8 Å². The van der Waals surface area contributed by atoms with E-state index in [1.807, 2.05) is 23.1 Å². The van der Waals surface area contributed by atoms with E-state index in [2.05, 4.69) is 5.32 Å². The Hall–Kier alpha value is -3.22. The van der Waals surface area contributed by atoms with Crippen LogP contribution in [0.1, 0.15) is 28.8 Å². The molecule has 2 amide bonds. The van der Waals surface area contributed by atoms with Gasteiger partial charge in [0.25, 0.3) is 5.91 Å². The van der Waals surface area contributed by atoms with Gasteiger partial charge in [0.2, 0.25) is 5.91 Å². The zero-order valence-corrected chi connectivity index (χ0v) is 17.6. The fourth-order valence-electron chi connectivity index (χ4n) is 3.56. The van der Waals surface area contributed by atoms with E-state index in [1.54, 1.807) is 45.6 Å². The van der Waals surface area contributed by atoms with Gasteiger partial charge in [-0.1, -0.05) is 6.07 Å². The first-order chi connectivity index (χ1) is 14.5. The summed E-state index contributed by atoms with van der Waals surface area (Å²) in [4.78, 5) is 27.0. The topological polar surface area (TPSA) is 77.1 Å². The molecule has 7 heteroatoms. The lowest BCUT2D eigenvalue weighted by Crippen LogP contribution is -2.47. The highest BCUT2D eigenvalue weighted by Gasteiger charge is 2.24. The van der Waals surface area contributed by atoms with Gasteiger partial charge in [0.1, 0.15) is 5.75 Å². The molecule has 0 saturated carbocycles. The van der Waals surface area contributed by atoms with Crippen molar-refractivity contribution in [1.82, 2.24) is 10.2 Å². The lowest BCUT2D eigenvalue weighted by Gasteiger charge is -2.32. The molecular formula is C23H28N2O5. The van der Waals surface area contributed by atoms with Gasteiger partial charge in [-0.25, -0.2) is 0 Å². The highest BCUT2D eigenvalue weighted by Crippen LogP contribution is 2.28. The number of ether oxygens (including phenoxy) is 3. The van der Waals surface area contributed by atoms with Gasteiger partial charge >= 0.3 is 0 Å². The number of nitrogens with one attached hydrogen (secondary N) is 1. The van der Waals surface area contributed by atoms with E-state index < -0.39 is 0 Å². The van der Waals surface area contributed by atoms with Gasteiger partial charge in [0.15, 0.2) is 11.5 Å². The van der Waals surface area contributed by atoms with Crippen LogP contribution >= 0.6 is 0 Å². The second kappa shape index (κ2) is 10.0. The molecule has 0 unspecified atom stereocenters. The molecule has 0 atom stereocenters. The Morgan fingerprint density at radius 1 is 0.933 bits per heavy atom. The second-order valence-electron chi connectivity index (χ2n) is 7.22. The zero-order valence-electron chi connectivity index (χ0n) is 17.6. The monoisotopic (exact) mass is 412 g/mol. The minimum atomic E-state index is -0.104. The number of hydrogen-bond donors (Lipinski definition) is 1. The summed E-state index contributed by atoms with van der Waals surface area (Å²) in [6.07, 6.45) is 1.78. The Labute approximate surface area is 176 Å². The molecule has 0 aromatic heterocycles. The fraction of sp³-hybridized carbons (Fsp3) is 0.391. The summed E-state index contributed by atoms with van der Waals surface area (Å²) < 4.78 is 15.7. The summed E-state index contributed by atoms with van der Waals surface area (Å²) in [5, 5.41) is 3.06. The van der Waals surface area contributed by atoms with Crippen LogP contribution in [-0.2, 0) is 11.2 Å². The van der Waals surface area contributed by atoms with Gasteiger partial charge in [-0.15, -0.1) is 0 Å². The van der Waals surface area contributed by atoms with Crippen LogP contribution in [0, 0.1) is 0 Å². The number of amides is 2. The van der Waals surface area contributed by atoms with Crippen molar-refractivity contribution in [3.05, 3.63) is 53.6 Å². The largest absolute Gasteiger partial charge is 0.497 e. The molecule has 1 heterocycles. The van der Waals surface area contributed by atoms with Crippen molar-refractivity contribution in [2.24, 2.45) is 0 Å². The first kappa shape index (κ1) is 21.5. The number of nitrogens with zero attached hydrogens (tertiary/aromatic N) is 1. The molecule has 160 valence electrons. The number of carbonyl (C=O) groups is 2. The highest BCUT2D eigenvalue weighted by atomic mass is 16.5. The molecule has 0 spiro atoms. The summed E-state index contributed by atoms with van der Waals surface area (Å²) in [7, 11) is 4.75. The quantitative estimate of drug-likeness (QED) is 0.757. The first-order valence-corrected chi connectivity index (χ1v) is 9.97. The maximum Gasteiger partial charge on any atom is 0.251 e. The number of methoxy groups -OCH3 is 3. The molecule has 3 rings (SSSR count). The molecule has 0 radical (unpaired) electrons. The van der Waals surface area contributed by atoms with Crippen LogP contribution < -0.4 is 19.5 Å². The normalized spacial score (nSPS) is 14.2. The van der Waals surface area contributed by atoms with Crippen molar-refractivity contribution in [3.63, 3.8) is 0 Å². The second-order valence-corrected chi connectivity index (χ2v) is 7.22. The van der Waals surface area contributed by atoms with E-state index in [1.165, 1.54) is 0 Å². The van der Waals surface area contributed by atoms with Gasteiger partial charge in [-0.3, -0.25) is 9.59 Å². The Morgan fingerprint density at radius 2 is 1.60 bits per heavy atom. The number of carbonyl (C=O) groups excluding carboxylic acids is 2. The third kappa shape index (κ3) is 5.23. The average molecular weight is 412 g/mol. The Morgan fingerprint density at radius 3 is 2.20 bits per heavy atom. The molecule has 1 saturated heterocycles. The van der Waals surface area contributed by atoms with E-state index in [9.17, 15) is 9.59 Å². The van der Waals surface area contributed by atoms with Crippen LogP contribution in [0.3, 0.4) is 0 Å². The van der Waals surface area contributed by atoms with Crippen LogP contribution in [-0.4, -0.2) is 57.2 Å². The summed E-state index contributed by atoms with van der Waals surface area (Å²) >= 11 is 0. The third-order valence-electron chi connectivity index (χ3n) is 5.34. The van der Waals surface area contributed by atoms with E-state index in [0.29, 0.717) is 42.3 Å². The van der Waals surface area contributed by atoms with Crippen LogP contribution in [0.25, 0.3) is 0 Å². The fourth-order valence-corrected chi connectivity index (χ4v) is 3.56. The SMILES string of the molecule is COc1ccc(C(=O)NC2CCN(C(=O)Cc3ccc(OC)c(OC)c3)CC2)cc1. The molecule has 1 aliphatic rings. The Kier molecular flexibility index (Phi) is 7.17. The maximum atomic E-state index is 12.7. The van der Waals surface area contributed by atoms with Gasteiger partial charge < -0.3 is 24.4 Å². The number of hydrogen-bond acceptors (Lipinski definition) is 5. The lowest BCUT2D eigenvalue weighted by atomic mass is 10.0. The highest BCUT2D eigenvalue weighted by molar-refractivity contribution is 5.94. The van der Waals surface area contributed by atoms with E-state index in [0.717, 1.165) is 18.4 Å². The average Bonchev–Trinajstić information content (AvgIpc) is 2.79. The smallest absolute Gasteiger partial charge is 0.251 e. The molecular weight excluding hydrogens is 384 g/mol. The molecule has 7 nitrogen and oxygen atoms in total. The summed E-state index contributed by atoms with van der Waals surface area (Å²) in [5.41, 5.74) is 1.48. The predicted octanol–water partition coefficient (Wildman–Crippen LogP) is 2.68. The van der Waals surface area contributed by atoms with Crippen molar-refractivity contribution < 1.29 is 23.8 Å². The minimum absolute atomic E-state index is 0.0599. The standard InChI is InChI=1S/C23H28N2O5/c1-28-19-7-5-17(6-8-19)23(27)24-18-10-12-25(13-11-18)22(26)15-16-4-9-20(29-2)21(14-16)30-3/h4-9,14,18H,10-13,15H2,1-3H3,(H,24,27). The van der Waals surface area contributed by atoms with Crippen molar-refractivity contribution in [1.29, 1.82) is 0 Å². The predicted molar refractivity (Wildman–Crippen MR) is 113 cm³/mol. The molecule has 2 aromatic carbocycles. The molecule has 2 aromatic rings. The van der Waals surface area contributed by atoms with Gasteiger partial charge in [0.05, 0.1) is 27.8 Å². The van der Waals surface area contributed by atoms with Gasteiger partial charge in [0, 0.05) is 24.7 Å². The minimum Gasteiger partial charge on any atom is -0.497 e. The molecule has 1 aliphatic heterocycles. The molecule has 1 fully saturated rings. The van der Waals surface area contributed by atoms with Crippen molar-refractivity contribution >= 4 is 11.8 Å². The lowest BCUT2D eigenvalue weighted by molar-refractivity contribution is -0.131. The number of piperidine rings is 1. The summed E-state index contributed by atoms with van der Waals surface area (Å²) in [5.74, 6) is 1.94. The molecule has 1 N–H and O–H groups in total. The van der Waals surface area contributed by atoms with E-state index >= 15 is 0 Å². The number of benzene rings is 2. The van der Waals surface area contributed by atoms with Crippen molar-refractivity contribution in [2.45, 2.75) is 25.3 Å². The third-order valence-corrected chi connectivity index (χ3v) is 5.34. The Balaban J connectivity index is 1.49. The maximum absolute atomic E-state index is 12.7. The first-order valence-electron chi connectivity index (χ1n) is 9.97. The number of rotatable bonds is 7. The van der Waals surface area contributed by atoms with Crippen LogP contribution in [0.4, 0.5) is 0 Å². The van der Waals surface area contributed by atoms with Gasteiger partial charge in [-0.2, -0.15) is 0 Å². The Bertz CT molecular complexity index is 874. The van der Waals surface area contributed by atoms with Crippen LogP contribution in [0.15, 0.2) is 42.5 Å². The molecule has 30 heavy (non-hydrogen) atoms. The van der Waals surface area contributed by atoms with Crippen LogP contribution in [0.5, 0.6) is 17.2 Å². The molecule has 0 bridgehead atoms. The van der Waals surface area contributed by atoms with E-state index in [-0.39, 0.29) is 17.9 Å². The van der Waals surface area contributed by atoms with Crippen LogP contribution in [0.2, 0.25) is 0 Å². The summed E-state index contributed by atoms with van der Waals surface area (Å²) in [6, 6.07) is 12.6. The zero-order chi connectivity index (χ0) is 21.5. The number of likely N-dealkylation sites (tertiary alicyclic amines) is 1. The van der Waals surface area contributed by atoms with Crippen molar-refractivity contribution in [2.75, 3.05) is 34.4 Å². The summed E-state index contributed by atoms with van der Waals surface area (Å²) in [6.45, 7) is 1.25. The van der Waals surface area contributed by atoms with E-state index in [4.69, 9.17) is 14.2 Å².